The number of aliphatic carboxylic acids is 1. The smallest absolute Gasteiger partial charge is 0.341 e. The lowest BCUT2D eigenvalue weighted by Crippen LogP contribution is -2.44. The van der Waals surface area contributed by atoms with Crippen molar-refractivity contribution in [2.75, 3.05) is 13.7 Å². The van der Waals surface area contributed by atoms with Gasteiger partial charge in [0.25, 0.3) is 0 Å². The van der Waals surface area contributed by atoms with E-state index in [0.717, 1.165) is 24.8 Å². The number of hydrogen-bond donors (Lipinski definition) is 2. The third kappa shape index (κ3) is 4.69. The Balaban J connectivity index is 1.86. The predicted octanol–water partition coefficient (Wildman–Crippen LogP) is 2.29. The molecule has 0 radical (unpaired) electrons. The van der Waals surface area contributed by atoms with Crippen LogP contribution < -0.4 is 10.1 Å². The number of benzene rings is 1. The van der Waals surface area contributed by atoms with Gasteiger partial charge in [-0.05, 0) is 43.9 Å². The fourth-order valence-electron chi connectivity index (χ4n) is 2.69. The Bertz CT molecular complexity index is 545. The molecule has 126 valence electrons. The van der Waals surface area contributed by atoms with Crippen molar-refractivity contribution in [3.05, 3.63) is 29.8 Å². The molecule has 0 aliphatic heterocycles. The third-order valence-electron chi connectivity index (χ3n) is 4.30. The molecule has 0 bridgehead atoms. The van der Waals surface area contributed by atoms with Gasteiger partial charge in [-0.25, -0.2) is 4.79 Å². The van der Waals surface area contributed by atoms with E-state index >= 15 is 0 Å². The van der Waals surface area contributed by atoms with Gasteiger partial charge in [-0.2, -0.15) is 0 Å². The number of amides is 1. The van der Waals surface area contributed by atoms with E-state index < -0.39 is 5.97 Å². The first-order valence-corrected chi connectivity index (χ1v) is 7.73. The van der Waals surface area contributed by atoms with Crippen molar-refractivity contribution in [2.45, 2.75) is 44.2 Å². The second kappa shape index (κ2) is 7.46. The monoisotopic (exact) mass is 321 g/mol. The van der Waals surface area contributed by atoms with Gasteiger partial charge >= 0.3 is 5.97 Å². The zero-order chi connectivity index (χ0) is 16.9. The van der Waals surface area contributed by atoms with Gasteiger partial charge in [0, 0.05) is 7.11 Å². The molecule has 6 nitrogen and oxygen atoms in total. The number of methoxy groups -OCH3 is 1. The van der Waals surface area contributed by atoms with Crippen LogP contribution in [0.2, 0.25) is 0 Å². The Labute approximate surface area is 135 Å². The standard InChI is InChI=1S/C17H23NO5/c1-12(18-15(19)10-17(22-2)8-3-9-17)13-4-6-14(7-5-13)23-11-16(20)21/h4-7,12H,3,8-11H2,1-2H3,(H,18,19)(H,20,21). The first-order valence-electron chi connectivity index (χ1n) is 7.73. The first-order chi connectivity index (χ1) is 10.9. The van der Waals surface area contributed by atoms with Crippen molar-refractivity contribution < 1.29 is 24.2 Å². The van der Waals surface area contributed by atoms with Crippen molar-refractivity contribution in [3.63, 3.8) is 0 Å². The summed E-state index contributed by atoms with van der Waals surface area (Å²) < 4.78 is 10.6. The number of carboxylic acids is 1. The summed E-state index contributed by atoms with van der Waals surface area (Å²) in [6.45, 7) is 1.54. The van der Waals surface area contributed by atoms with Crippen LogP contribution in [0.25, 0.3) is 0 Å². The second-order valence-electron chi connectivity index (χ2n) is 5.96. The molecule has 0 saturated heterocycles. The van der Waals surface area contributed by atoms with Crippen LogP contribution in [0, 0.1) is 0 Å². The molecule has 1 unspecified atom stereocenters. The molecule has 1 aromatic carbocycles. The number of nitrogens with one attached hydrogen (secondary N) is 1. The average Bonchev–Trinajstić information content (AvgIpc) is 2.49. The molecule has 1 saturated carbocycles. The number of hydrogen-bond acceptors (Lipinski definition) is 4. The molecule has 2 rings (SSSR count). The fraction of sp³-hybridized carbons (Fsp3) is 0.529. The van der Waals surface area contributed by atoms with Gasteiger partial charge in [-0.3, -0.25) is 4.79 Å². The van der Waals surface area contributed by atoms with Crippen molar-refractivity contribution in [1.29, 1.82) is 0 Å². The zero-order valence-corrected chi connectivity index (χ0v) is 13.5. The maximum absolute atomic E-state index is 12.2. The molecule has 1 amide bonds. The molecule has 0 spiro atoms. The number of rotatable bonds is 8. The predicted molar refractivity (Wildman–Crippen MR) is 84.3 cm³/mol. The lowest BCUT2D eigenvalue weighted by molar-refractivity contribution is -0.139. The highest BCUT2D eigenvalue weighted by Crippen LogP contribution is 2.38. The molecule has 1 aliphatic rings. The average molecular weight is 321 g/mol. The second-order valence-corrected chi connectivity index (χ2v) is 5.96. The molecule has 1 aromatic rings. The quantitative estimate of drug-likeness (QED) is 0.767. The van der Waals surface area contributed by atoms with Crippen LogP contribution >= 0.6 is 0 Å². The summed E-state index contributed by atoms with van der Waals surface area (Å²) in [7, 11) is 1.66. The summed E-state index contributed by atoms with van der Waals surface area (Å²) in [4.78, 5) is 22.6. The molecule has 0 heterocycles. The summed E-state index contributed by atoms with van der Waals surface area (Å²) in [5, 5.41) is 11.5. The summed E-state index contributed by atoms with van der Waals surface area (Å²) >= 11 is 0. The maximum Gasteiger partial charge on any atom is 0.341 e. The summed E-state index contributed by atoms with van der Waals surface area (Å²) in [6.07, 6.45) is 3.35. The van der Waals surface area contributed by atoms with E-state index in [4.69, 9.17) is 14.6 Å². The number of ether oxygens (including phenoxy) is 2. The van der Waals surface area contributed by atoms with Crippen molar-refractivity contribution in [1.82, 2.24) is 5.32 Å². The highest BCUT2D eigenvalue weighted by Gasteiger charge is 2.39. The van der Waals surface area contributed by atoms with E-state index in [9.17, 15) is 9.59 Å². The van der Waals surface area contributed by atoms with Crippen LogP contribution in [-0.2, 0) is 14.3 Å². The van der Waals surface area contributed by atoms with Crippen LogP contribution in [0.1, 0.15) is 44.2 Å². The molecule has 1 atom stereocenters. The highest BCUT2D eigenvalue weighted by atomic mass is 16.5. The number of carbonyl (C=O) groups is 2. The SMILES string of the molecule is COC1(CC(=O)NC(C)c2ccc(OCC(=O)O)cc2)CCC1. The van der Waals surface area contributed by atoms with Gasteiger partial charge < -0.3 is 19.9 Å². The van der Waals surface area contributed by atoms with Crippen LogP contribution in [0.4, 0.5) is 0 Å². The molecular formula is C17H23NO5. The third-order valence-corrected chi connectivity index (χ3v) is 4.30. The largest absolute Gasteiger partial charge is 0.482 e. The highest BCUT2D eigenvalue weighted by molar-refractivity contribution is 5.77. The Morgan fingerprint density at radius 2 is 1.96 bits per heavy atom. The maximum atomic E-state index is 12.2. The van der Waals surface area contributed by atoms with Crippen LogP contribution in [0.5, 0.6) is 5.75 Å². The summed E-state index contributed by atoms with van der Waals surface area (Å²) in [5.41, 5.74) is 0.652. The topological polar surface area (TPSA) is 84.9 Å². The van der Waals surface area contributed by atoms with Gasteiger partial charge in [0.05, 0.1) is 18.1 Å². The van der Waals surface area contributed by atoms with E-state index in [-0.39, 0.29) is 24.2 Å². The van der Waals surface area contributed by atoms with Gasteiger partial charge in [0.2, 0.25) is 5.91 Å². The minimum Gasteiger partial charge on any atom is -0.482 e. The van der Waals surface area contributed by atoms with E-state index in [1.807, 2.05) is 19.1 Å². The molecule has 0 aromatic heterocycles. The Morgan fingerprint density at radius 1 is 1.30 bits per heavy atom. The molecule has 1 aliphatic carbocycles. The fourth-order valence-corrected chi connectivity index (χ4v) is 2.69. The lowest BCUT2D eigenvalue weighted by atomic mass is 9.77. The molecule has 6 heteroatoms. The Morgan fingerprint density at radius 3 is 2.43 bits per heavy atom. The Kier molecular flexibility index (Phi) is 5.60. The van der Waals surface area contributed by atoms with Crippen LogP contribution in [0.15, 0.2) is 24.3 Å². The molecule has 1 fully saturated rings. The van der Waals surface area contributed by atoms with Crippen molar-refractivity contribution in [3.8, 4) is 5.75 Å². The first kappa shape index (κ1) is 17.3. The normalized spacial score (nSPS) is 17.0. The van der Waals surface area contributed by atoms with E-state index in [0.29, 0.717) is 12.2 Å². The van der Waals surface area contributed by atoms with E-state index in [2.05, 4.69) is 5.32 Å². The van der Waals surface area contributed by atoms with Crippen LogP contribution in [-0.4, -0.2) is 36.3 Å². The minimum absolute atomic E-state index is 0.0229. The van der Waals surface area contributed by atoms with Gasteiger partial charge in [0.15, 0.2) is 6.61 Å². The Hall–Kier alpha value is -2.08. The van der Waals surface area contributed by atoms with Gasteiger partial charge in [0.1, 0.15) is 5.75 Å². The van der Waals surface area contributed by atoms with E-state index in [1.54, 1.807) is 19.2 Å². The minimum atomic E-state index is -1.02. The number of carboxylic acid groups (broad SMARTS) is 1. The molecule has 23 heavy (non-hydrogen) atoms. The summed E-state index contributed by atoms with van der Waals surface area (Å²) in [5.74, 6) is -0.550. The van der Waals surface area contributed by atoms with E-state index in [1.165, 1.54) is 0 Å². The van der Waals surface area contributed by atoms with Gasteiger partial charge in [-0.15, -0.1) is 0 Å². The number of carbonyl (C=O) groups excluding carboxylic acids is 1. The van der Waals surface area contributed by atoms with Gasteiger partial charge in [-0.1, -0.05) is 12.1 Å². The lowest BCUT2D eigenvalue weighted by Gasteiger charge is -2.40. The van der Waals surface area contributed by atoms with Crippen molar-refractivity contribution >= 4 is 11.9 Å². The molecular weight excluding hydrogens is 298 g/mol. The summed E-state index contributed by atoms with van der Waals surface area (Å²) in [6, 6.07) is 6.90. The van der Waals surface area contributed by atoms with Crippen molar-refractivity contribution in [2.24, 2.45) is 0 Å². The molecule has 2 N–H and O–H groups in total. The zero-order valence-electron chi connectivity index (χ0n) is 13.5. The van der Waals surface area contributed by atoms with Crippen LogP contribution in [0.3, 0.4) is 0 Å².